The molecule has 1 heterocycles. The van der Waals surface area contributed by atoms with E-state index >= 15 is 0 Å². The molecule has 0 spiro atoms. The summed E-state index contributed by atoms with van der Waals surface area (Å²) < 4.78 is 10.9. The Balaban J connectivity index is 2.10. The van der Waals surface area contributed by atoms with Gasteiger partial charge in [-0.2, -0.15) is 5.26 Å². The van der Waals surface area contributed by atoms with Crippen LogP contribution in [0.2, 0.25) is 0 Å². The number of hydrogen-bond donors (Lipinski definition) is 2. The first-order chi connectivity index (χ1) is 13.1. The molecule has 0 aromatic heterocycles. The number of carbonyl (C=O) groups is 1. The Morgan fingerprint density at radius 2 is 1.85 bits per heavy atom. The number of hydrogen-bond acceptors (Lipinski definition) is 5. The Morgan fingerprint density at radius 1 is 1.19 bits per heavy atom. The molecule has 27 heavy (non-hydrogen) atoms. The normalized spacial score (nSPS) is 16.4. The Labute approximate surface area is 157 Å². The highest BCUT2D eigenvalue weighted by Gasteiger charge is 2.36. The van der Waals surface area contributed by atoms with Gasteiger partial charge in [0.1, 0.15) is 23.2 Å². The number of nitriles is 1. The second-order valence-corrected chi connectivity index (χ2v) is 5.96. The zero-order valence-corrected chi connectivity index (χ0v) is 15.0. The van der Waals surface area contributed by atoms with Gasteiger partial charge in [-0.05, 0) is 25.1 Å². The van der Waals surface area contributed by atoms with E-state index in [4.69, 9.17) is 15.2 Å². The quantitative estimate of drug-likeness (QED) is 0.870. The van der Waals surface area contributed by atoms with Gasteiger partial charge in [0.25, 0.3) is 5.91 Å². The lowest BCUT2D eigenvalue weighted by atomic mass is 9.82. The maximum absolute atomic E-state index is 13.1. The predicted octanol–water partition coefficient (Wildman–Crippen LogP) is 3.42. The second kappa shape index (κ2) is 7.67. The summed E-state index contributed by atoms with van der Waals surface area (Å²) in [6.45, 7) is 1.66. The minimum Gasteiger partial charge on any atom is -0.496 e. The van der Waals surface area contributed by atoms with Gasteiger partial charge in [0.2, 0.25) is 5.88 Å². The maximum atomic E-state index is 13.1. The number of nitrogens with one attached hydrogen (secondary N) is 1. The molecule has 2 aromatic rings. The summed E-state index contributed by atoms with van der Waals surface area (Å²) in [5.74, 6) is -0.167. The first-order valence-corrected chi connectivity index (χ1v) is 8.34. The number of nitrogens with zero attached hydrogens (tertiary/aromatic N) is 1. The summed E-state index contributed by atoms with van der Waals surface area (Å²) in [6.07, 6.45) is 0. The van der Waals surface area contributed by atoms with Crippen LogP contribution >= 0.6 is 0 Å². The molecule has 0 saturated carbocycles. The number of methoxy groups -OCH3 is 1. The largest absolute Gasteiger partial charge is 0.496 e. The number of nitrogens with two attached hydrogens (primary N) is 1. The number of para-hydroxylation sites is 2. The fourth-order valence-electron chi connectivity index (χ4n) is 3.11. The van der Waals surface area contributed by atoms with Gasteiger partial charge in [-0.3, -0.25) is 4.79 Å². The molecule has 0 radical (unpaired) electrons. The Bertz CT molecular complexity index is 972. The maximum Gasteiger partial charge on any atom is 0.255 e. The van der Waals surface area contributed by atoms with E-state index in [1.165, 1.54) is 7.11 Å². The molecule has 0 unspecified atom stereocenters. The zero-order chi connectivity index (χ0) is 19.4. The predicted molar refractivity (Wildman–Crippen MR) is 101 cm³/mol. The molecule has 0 fully saturated rings. The first kappa shape index (κ1) is 18.1. The van der Waals surface area contributed by atoms with Gasteiger partial charge in [0.15, 0.2) is 0 Å². The van der Waals surface area contributed by atoms with E-state index in [2.05, 4.69) is 11.4 Å². The van der Waals surface area contributed by atoms with Crippen LogP contribution in [-0.4, -0.2) is 13.0 Å². The third-order valence-electron chi connectivity index (χ3n) is 4.33. The van der Waals surface area contributed by atoms with Gasteiger partial charge >= 0.3 is 0 Å². The van der Waals surface area contributed by atoms with E-state index in [0.717, 1.165) is 0 Å². The average Bonchev–Trinajstić information content (AvgIpc) is 2.68. The van der Waals surface area contributed by atoms with E-state index in [9.17, 15) is 10.1 Å². The molecule has 3 rings (SSSR count). The third kappa shape index (κ3) is 3.48. The van der Waals surface area contributed by atoms with Crippen molar-refractivity contribution >= 4 is 11.6 Å². The number of amides is 1. The Morgan fingerprint density at radius 3 is 2.52 bits per heavy atom. The van der Waals surface area contributed by atoms with Crippen LogP contribution in [0.3, 0.4) is 0 Å². The molecule has 1 aliphatic rings. The van der Waals surface area contributed by atoms with E-state index in [1.54, 1.807) is 25.1 Å². The molecule has 1 amide bonds. The standard InChI is InChI=1S/C21H19N3O3/c1-13-18(21(25)24-14-8-4-3-5-9-14)19(16(12-22)20(23)27-13)15-10-6-7-11-17(15)26-2/h3-11,19H,23H2,1-2H3,(H,24,25)/t19-/m0/s1. The van der Waals surface area contributed by atoms with Crippen LogP contribution in [0.15, 0.2) is 77.4 Å². The molecule has 3 N–H and O–H groups in total. The fourth-order valence-corrected chi connectivity index (χ4v) is 3.11. The fraction of sp³-hybridized carbons (Fsp3) is 0.143. The molecule has 0 saturated heterocycles. The van der Waals surface area contributed by atoms with Crippen molar-refractivity contribution < 1.29 is 14.3 Å². The van der Waals surface area contributed by atoms with Crippen LogP contribution in [0.25, 0.3) is 0 Å². The lowest BCUT2D eigenvalue weighted by molar-refractivity contribution is -0.113. The smallest absolute Gasteiger partial charge is 0.255 e. The molecule has 1 atom stereocenters. The van der Waals surface area contributed by atoms with E-state index in [-0.39, 0.29) is 17.4 Å². The SMILES string of the molecule is COc1ccccc1[C@H]1C(C#N)=C(N)OC(C)=C1C(=O)Nc1ccccc1. The lowest BCUT2D eigenvalue weighted by Crippen LogP contribution is -2.28. The topological polar surface area (TPSA) is 97.4 Å². The third-order valence-corrected chi connectivity index (χ3v) is 4.33. The molecular weight excluding hydrogens is 342 g/mol. The van der Waals surface area contributed by atoms with Crippen molar-refractivity contribution in [1.29, 1.82) is 5.26 Å². The Hall–Kier alpha value is -3.72. The van der Waals surface area contributed by atoms with E-state index < -0.39 is 5.92 Å². The molecule has 2 aromatic carbocycles. The average molecular weight is 361 g/mol. The monoisotopic (exact) mass is 361 g/mol. The van der Waals surface area contributed by atoms with Crippen LogP contribution in [0.4, 0.5) is 5.69 Å². The minimum absolute atomic E-state index is 0.0119. The molecule has 0 aliphatic carbocycles. The van der Waals surface area contributed by atoms with Crippen molar-refractivity contribution in [3.63, 3.8) is 0 Å². The number of rotatable bonds is 4. The summed E-state index contributed by atoms with van der Waals surface area (Å²) in [6, 6.07) is 18.4. The molecular formula is C21H19N3O3. The highest BCUT2D eigenvalue weighted by Crippen LogP contribution is 2.42. The number of ether oxygens (including phenoxy) is 2. The van der Waals surface area contributed by atoms with E-state index in [1.807, 2.05) is 36.4 Å². The van der Waals surface area contributed by atoms with Crippen molar-refractivity contribution in [2.75, 3.05) is 12.4 Å². The van der Waals surface area contributed by atoms with Crippen molar-refractivity contribution in [3.8, 4) is 11.8 Å². The van der Waals surface area contributed by atoms with Crippen LogP contribution in [0, 0.1) is 11.3 Å². The summed E-state index contributed by atoms with van der Waals surface area (Å²) in [4.78, 5) is 13.1. The number of carbonyl (C=O) groups excluding carboxylic acids is 1. The number of benzene rings is 2. The summed E-state index contributed by atoms with van der Waals surface area (Å²) >= 11 is 0. The van der Waals surface area contributed by atoms with Crippen LogP contribution in [-0.2, 0) is 9.53 Å². The zero-order valence-electron chi connectivity index (χ0n) is 15.0. The molecule has 6 nitrogen and oxygen atoms in total. The van der Waals surface area contributed by atoms with Gasteiger partial charge in [0, 0.05) is 11.3 Å². The Kier molecular flexibility index (Phi) is 5.13. The highest BCUT2D eigenvalue weighted by atomic mass is 16.5. The second-order valence-electron chi connectivity index (χ2n) is 5.96. The van der Waals surface area contributed by atoms with E-state index in [0.29, 0.717) is 28.3 Å². The van der Waals surface area contributed by atoms with Crippen molar-refractivity contribution in [3.05, 3.63) is 82.9 Å². The highest BCUT2D eigenvalue weighted by molar-refractivity contribution is 6.06. The van der Waals surface area contributed by atoms with Crippen LogP contribution in [0.5, 0.6) is 5.75 Å². The summed E-state index contributed by atoms with van der Waals surface area (Å²) in [5.41, 5.74) is 7.73. The lowest BCUT2D eigenvalue weighted by Gasteiger charge is -2.28. The summed E-state index contributed by atoms with van der Waals surface area (Å²) in [7, 11) is 1.54. The summed E-state index contributed by atoms with van der Waals surface area (Å²) in [5, 5.41) is 12.5. The molecule has 136 valence electrons. The first-order valence-electron chi connectivity index (χ1n) is 8.34. The van der Waals surface area contributed by atoms with Gasteiger partial charge in [-0.25, -0.2) is 0 Å². The molecule has 0 bridgehead atoms. The van der Waals surface area contributed by atoms with Gasteiger partial charge in [-0.15, -0.1) is 0 Å². The molecule has 1 aliphatic heterocycles. The van der Waals surface area contributed by atoms with Gasteiger partial charge in [-0.1, -0.05) is 36.4 Å². The van der Waals surface area contributed by atoms with Crippen LogP contribution in [0.1, 0.15) is 18.4 Å². The van der Waals surface area contributed by atoms with Crippen LogP contribution < -0.4 is 15.8 Å². The number of anilines is 1. The number of allylic oxidation sites excluding steroid dienone is 2. The minimum atomic E-state index is -0.691. The van der Waals surface area contributed by atoms with Gasteiger partial charge < -0.3 is 20.5 Å². The van der Waals surface area contributed by atoms with Crippen molar-refractivity contribution in [1.82, 2.24) is 0 Å². The van der Waals surface area contributed by atoms with Gasteiger partial charge in [0.05, 0.1) is 18.6 Å². The molecule has 6 heteroatoms. The van der Waals surface area contributed by atoms with Crippen molar-refractivity contribution in [2.24, 2.45) is 5.73 Å². The van der Waals surface area contributed by atoms with Crippen molar-refractivity contribution in [2.45, 2.75) is 12.8 Å².